The molecular weight excluding hydrogens is 509 g/mol. The number of rotatable bonds is 6. The third-order valence-electron chi connectivity index (χ3n) is 5.87. The van der Waals surface area contributed by atoms with E-state index in [1.165, 1.54) is 0 Å². The Morgan fingerprint density at radius 2 is 1.82 bits per heavy atom. The van der Waals surface area contributed by atoms with Crippen LogP contribution in [-0.4, -0.2) is 27.6 Å². The van der Waals surface area contributed by atoms with Gasteiger partial charge >= 0.3 is 6.18 Å². The number of pyridine rings is 1. The van der Waals surface area contributed by atoms with E-state index in [2.05, 4.69) is 10.5 Å². The number of nitrogens with zero attached hydrogens (tertiary/aromatic N) is 3. The number of fused-ring (bicyclic) bond motifs is 2. The SMILES string of the molecule is O=c1c2ccccc2c(/C=N/Nc2ccc(C(F)(F)F)cc2[N+](=O)[O-])c(O)n1Cc1ccc2c(c1)OCO2. The van der Waals surface area contributed by atoms with E-state index in [4.69, 9.17) is 9.47 Å². The van der Waals surface area contributed by atoms with Crippen molar-refractivity contribution in [3.8, 4) is 17.4 Å². The van der Waals surface area contributed by atoms with Gasteiger partial charge in [-0.1, -0.05) is 24.3 Å². The van der Waals surface area contributed by atoms with Gasteiger partial charge in [-0.25, -0.2) is 0 Å². The zero-order valence-electron chi connectivity index (χ0n) is 19.2. The number of nitro groups is 1. The second-order valence-electron chi connectivity index (χ2n) is 8.22. The fourth-order valence-corrected chi connectivity index (χ4v) is 4.03. The molecule has 2 heterocycles. The molecule has 1 aliphatic rings. The van der Waals surface area contributed by atoms with Gasteiger partial charge in [0.1, 0.15) is 5.69 Å². The van der Waals surface area contributed by atoms with Gasteiger partial charge in [0.15, 0.2) is 11.5 Å². The predicted octanol–water partition coefficient (Wildman–Crippen LogP) is 4.86. The van der Waals surface area contributed by atoms with Crippen molar-refractivity contribution in [2.75, 3.05) is 12.2 Å². The first-order chi connectivity index (χ1) is 18.1. The van der Waals surface area contributed by atoms with Crippen LogP contribution < -0.4 is 20.5 Å². The average molecular weight is 526 g/mol. The van der Waals surface area contributed by atoms with Crippen molar-refractivity contribution in [2.24, 2.45) is 5.10 Å². The van der Waals surface area contributed by atoms with Crippen molar-refractivity contribution < 1.29 is 32.7 Å². The molecule has 1 aliphatic heterocycles. The maximum atomic E-state index is 13.2. The summed E-state index contributed by atoms with van der Waals surface area (Å²) >= 11 is 0. The third-order valence-corrected chi connectivity index (χ3v) is 5.87. The van der Waals surface area contributed by atoms with Crippen molar-refractivity contribution in [2.45, 2.75) is 12.7 Å². The minimum absolute atomic E-state index is 0.0230. The molecule has 3 aromatic carbocycles. The molecule has 0 unspecified atom stereocenters. The number of halogens is 3. The van der Waals surface area contributed by atoms with Crippen molar-refractivity contribution in [1.82, 2.24) is 4.57 Å². The lowest BCUT2D eigenvalue weighted by Crippen LogP contribution is -2.22. The monoisotopic (exact) mass is 526 g/mol. The lowest BCUT2D eigenvalue weighted by Gasteiger charge is -2.14. The Kier molecular flexibility index (Phi) is 6.11. The smallest absolute Gasteiger partial charge is 0.416 e. The molecule has 4 aromatic rings. The van der Waals surface area contributed by atoms with Crippen LogP contribution >= 0.6 is 0 Å². The fourth-order valence-electron chi connectivity index (χ4n) is 4.03. The number of nitrogens with one attached hydrogen (secondary N) is 1. The van der Waals surface area contributed by atoms with Crippen LogP contribution in [0.4, 0.5) is 24.5 Å². The van der Waals surface area contributed by atoms with Crippen LogP contribution in [0, 0.1) is 10.1 Å². The van der Waals surface area contributed by atoms with Gasteiger partial charge < -0.3 is 14.6 Å². The molecule has 0 fully saturated rings. The summed E-state index contributed by atoms with van der Waals surface area (Å²) in [7, 11) is 0. The van der Waals surface area contributed by atoms with E-state index in [0.717, 1.165) is 16.8 Å². The maximum absolute atomic E-state index is 13.2. The number of aromatic nitrogens is 1. The molecule has 0 bridgehead atoms. The molecule has 0 aliphatic carbocycles. The highest BCUT2D eigenvalue weighted by molar-refractivity contribution is 6.01. The summed E-state index contributed by atoms with van der Waals surface area (Å²) in [5, 5.41) is 26.9. The Hall–Kier alpha value is -5.07. The third kappa shape index (κ3) is 4.56. The second kappa shape index (κ2) is 9.42. The van der Waals surface area contributed by atoms with Crippen molar-refractivity contribution >= 4 is 28.4 Å². The van der Waals surface area contributed by atoms with Crippen LogP contribution in [0.15, 0.2) is 70.6 Å². The summed E-state index contributed by atoms with van der Waals surface area (Å²) in [6.07, 6.45) is -3.63. The number of hydrazone groups is 1. The minimum Gasteiger partial charge on any atom is -0.494 e. The molecule has 1 aromatic heterocycles. The first-order valence-corrected chi connectivity index (χ1v) is 11.0. The molecule has 0 radical (unpaired) electrons. The van der Waals surface area contributed by atoms with Gasteiger partial charge in [-0.3, -0.25) is 24.9 Å². The average Bonchev–Trinajstić information content (AvgIpc) is 3.36. The highest BCUT2D eigenvalue weighted by Crippen LogP contribution is 2.35. The molecule has 0 saturated carbocycles. The predicted molar refractivity (Wildman–Crippen MR) is 131 cm³/mol. The van der Waals surface area contributed by atoms with Gasteiger partial charge in [-0.05, 0) is 35.9 Å². The lowest BCUT2D eigenvalue weighted by atomic mass is 10.1. The molecule has 13 heteroatoms. The van der Waals surface area contributed by atoms with Crippen LogP contribution in [-0.2, 0) is 12.7 Å². The zero-order valence-corrected chi connectivity index (χ0v) is 19.2. The van der Waals surface area contributed by atoms with E-state index in [9.17, 15) is 33.2 Å². The molecule has 194 valence electrons. The highest BCUT2D eigenvalue weighted by Gasteiger charge is 2.33. The Labute approximate surface area is 211 Å². The van der Waals surface area contributed by atoms with E-state index in [0.29, 0.717) is 34.6 Å². The molecule has 38 heavy (non-hydrogen) atoms. The van der Waals surface area contributed by atoms with Gasteiger partial charge in [0.05, 0.1) is 28.8 Å². The van der Waals surface area contributed by atoms with Crippen molar-refractivity contribution in [1.29, 1.82) is 0 Å². The van der Waals surface area contributed by atoms with E-state index < -0.39 is 33.8 Å². The number of alkyl halides is 3. The number of benzene rings is 3. The summed E-state index contributed by atoms with van der Waals surface area (Å²) in [5.74, 6) is 0.624. The first kappa shape index (κ1) is 24.6. The Morgan fingerprint density at radius 3 is 2.55 bits per heavy atom. The first-order valence-electron chi connectivity index (χ1n) is 11.0. The number of ether oxygens (including phenoxy) is 2. The Morgan fingerprint density at radius 1 is 1.08 bits per heavy atom. The van der Waals surface area contributed by atoms with Crippen LogP contribution in [0.5, 0.6) is 17.4 Å². The molecule has 0 saturated heterocycles. The van der Waals surface area contributed by atoms with Crippen molar-refractivity contribution in [3.05, 3.63) is 97.8 Å². The van der Waals surface area contributed by atoms with E-state index in [1.54, 1.807) is 42.5 Å². The van der Waals surface area contributed by atoms with Crippen molar-refractivity contribution in [3.63, 3.8) is 0 Å². The summed E-state index contributed by atoms with van der Waals surface area (Å²) in [6.45, 7) is 0.0510. The van der Waals surface area contributed by atoms with Gasteiger partial charge in [-0.15, -0.1) is 0 Å². The van der Waals surface area contributed by atoms with E-state index in [1.807, 2.05) is 0 Å². The number of nitro benzene ring substituents is 1. The summed E-state index contributed by atoms with van der Waals surface area (Å²) < 4.78 is 50.7. The molecule has 2 N–H and O–H groups in total. The van der Waals surface area contributed by atoms with Crippen LogP contribution in [0.3, 0.4) is 0 Å². The fraction of sp³-hybridized carbons (Fsp3) is 0.120. The molecule has 10 nitrogen and oxygen atoms in total. The van der Waals surface area contributed by atoms with E-state index >= 15 is 0 Å². The Balaban J connectivity index is 1.52. The van der Waals surface area contributed by atoms with Crippen LogP contribution in [0.2, 0.25) is 0 Å². The summed E-state index contributed by atoms with van der Waals surface area (Å²) in [4.78, 5) is 23.6. The summed E-state index contributed by atoms with van der Waals surface area (Å²) in [5.41, 5.74) is 0.329. The quantitative estimate of drug-likeness (QED) is 0.209. The molecular formula is C25H17F3N4O6. The van der Waals surface area contributed by atoms with Gasteiger partial charge in [-0.2, -0.15) is 18.3 Å². The largest absolute Gasteiger partial charge is 0.494 e. The topological polar surface area (TPSA) is 128 Å². The second-order valence-corrected chi connectivity index (χ2v) is 8.22. The molecule has 5 rings (SSSR count). The Bertz CT molecular complexity index is 1670. The van der Waals surface area contributed by atoms with Crippen LogP contribution in [0.25, 0.3) is 10.8 Å². The standard InChI is InChI=1S/C25H17F3N4O6/c26-25(27,28)15-6-7-19(20(10-15)32(35)36)30-29-11-18-16-3-1-2-4-17(16)23(33)31(24(18)34)12-14-5-8-21-22(9-14)38-13-37-21/h1-11,30,34H,12-13H2/b29-11+. The minimum atomic E-state index is -4.76. The molecule has 0 atom stereocenters. The maximum Gasteiger partial charge on any atom is 0.416 e. The number of hydrogen-bond donors (Lipinski definition) is 2. The van der Waals surface area contributed by atoms with Gasteiger partial charge in [0.2, 0.25) is 12.7 Å². The van der Waals surface area contributed by atoms with Gasteiger partial charge in [0.25, 0.3) is 11.2 Å². The zero-order chi connectivity index (χ0) is 27.0. The normalized spacial score (nSPS) is 12.8. The highest BCUT2D eigenvalue weighted by atomic mass is 19.4. The number of aromatic hydroxyl groups is 1. The lowest BCUT2D eigenvalue weighted by molar-refractivity contribution is -0.384. The molecule has 0 amide bonds. The van der Waals surface area contributed by atoms with Gasteiger partial charge in [0, 0.05) is 16.8 Å². The van der Waals surface area contributed by atoms with Crippen LogP contribution in [0.1, 0.15) is 16.7 Å². The molecule has 0 spiro atoms. The van der Waals surface area contributed by atoms with E-state index in [-0.39, 0.29) is 30.0 Å². The number of hydrogen-bond acceptors (Lipinski definition) is 8. The number of anilines is 1. The summed E-state index contributed by atoms with van der Waals surface area (Å²) in [6, 6.07) is 13.5.